The van der Waals surface area contributed by atoms with Crippen LogP contribution in [0.4, 0.5) is 0 Å². The summed E-state index contributed by atoms with van der Waals surface area (Å²) in [5.41, 5.74) is 3.02. The summed E-state index contributed by atoms with van der Waals surface area (Å²) in [5, 5.41) is 0. The van der Waals surface area contributed by atoms with Crippen LogP contribution in [0.2, 0.25) is 0 Å². The maximum Gasteiger partial charge on any atom is -0.0305 e. The molecule has 12 heavy (non-hydrogen) atoms. The van der Waals surface area contributed by atoms with Crippen molar-refractivity contribution < 1.29 is 0 Å². The van der Waals surface area contributed by atoms with E-state index >= 15 is 0 Å². The average molecular weight is 162 g/mol. The molecule has 0 saturated carbocycles. The Morgan fingerprint density at radius 1 is 0.917 bits per heavy atom. The minimum Gasteiger partial charge on any atom is -0.0839 e. The van der Waals surface area contributed by atoms with Crippen LogP contribution in [0, 0.1) is 0 Å². The van der Waals surface area contributed by atoms with Crippen molar-refractivity contribution in [2.24, 2.45) is 0 Å². The Bertz CT molecular complexity index is 192. The van der Waals surface area contributed by atoms with Crippen molar-refractivity contribution >= 4 is 0 Å². The highest BCUT2D eigenvalue weighted by molar-refractivity contribution is 5.33. The average Bonchev–Trinajstić information content (AvgIpc) is 2.05. The fraction of sp³-hybridized carbons (Fsp3) is 0.500. The number of hydrogen-bond donors (Lipinski definition) is 0. The number of allylic oxidation sites excluding steroid dienone is 6. The molecule has 0 N–H and O–H groups in total. The summed E-state index contributed by atoms with van der Waals surface area (Å²) in [7, 11) is 0. The minimum atomic E-state index is 1.16. The normalized spacial score (nSPS) is 29.2. The molecule has 0 nitrogen and oxygen atoms in total. The smallest absolute Gasteiger partial charge is 0.0305 e. The van der Waals surface area contributed by atoms with Crippen LogP contribution in [-0.2, 0) is 0 Å². The molecule has 0 saturated heterocycles. The fourth-order valence-corrected chi connectivity index (χ4v) is 1.55. The van der Waals surface area contributed by atoms with E-state index in [1.807, 2.05) is 0 Å². The van der Waals surface area contributed by atoms with Crippen molar-refractivity contribution in [3.8, 4) is 0 Å². The molecule has 0 radical (unpaired) electrons. The zero-order chi connectivity index (χ0) is 8.81. The largest absolute Gasteiger partial charge is 0.0839 e. The van der Waals surface area contributed by atoms with E-state index in [2.05, 4.69) is 38.2 Å². The van der Waals surface area contributed by atoms with Gasteiger partial charge in [-0.1, -0.05) is 38.2 Å². The molecule has 1 rings (SSSR count). The van der Waals surface area contributed by atoms with Gasteiger partial charge in [-0.3, -0.25) is 0 Å². The Balaban J connectivity index is 2.90. The predicted molar refractivity (Wildman–Crippen MR) is 55.1 cm³/mol. The Morgan fingerprint density at radius 2 is 1.33 bits per heavy atom. The van der Waals surface area contributed by atoms with Crippen molar-refractivity contribution in [2.45, 2.75) is 39.5 Å². The van der Waals surface area contributed by atoms with E-state index in [1.54, 1.807) is 0 Å². The van der Waals surface area contributed by atoms with Crippen molar-refractivity contribution in [3.05, 3.63) is 35.5 Å². The van der Waals surface area contributed by atoms with E-state index in [-0.39, 0.29) is 0 Å². The summed E-state index contributed by atoms with van der Waals surface area (Å²) < 4.78 is 0. The molecule has 66 valence electrons. The van der Waals surface area contributed by atoms with Crippen LogP contribution in [0.5, 0.6) is 0 Å². The zero-order valence-corrected chi connectivity index (χ0v) is 8.14. The summed E-state index contributed by atoms with van der Waals surface area (Å²) in [6, 6.07) is 0. The first kappa shape index (κ1) is 9.31. The van der Waals surface area contributed by atoms with E-state index in [1.165, 1.54) is 24.0 Å². The summed E-state index contributed by atoms with van der Waals surface area (Å²) >= 11 is 0. The number of rotatable bonds is 2. The predicted octanol–water partition coefficient (Wildman–Crippen LogP) is 4.01. The van der Waals surface area contributed by atoms with Gasteiger partial charge in [0.15, 0.2) is 0 Å². The second-order valence-corrected chi connectivity index (χ2v) is 3.14. The first-order valence-corrected chi connectivity index (χ1v) is 4.93. The summed E-state index contributed by atoms with van der Waals surface area (Å²) in [4.78, 5) is 0. The molecule has 0 fully saturated rings. The first-order chi connectivity index (χ1) is 5.88. The fourth-order valence-electron chi connectivity index (χ4n) is 1.55. The third-order valence-corrected chi connectivity index (χ3v) is 2.31. The Morgan fingerprint density at radius 3 is 1.67 bits per heavy atom. The van der Waals surface area contributed by atoms with Gasteiger partial charge in [0.1, 0.15) is 0 Å². The quantitative estimate of drug-likeness (QED) is 0.575. The number of hydrogen-bond acceptors (Lipinski definition) is 0. The highest BCUT2D eigenvalue weighted by Gasteiger charge is 1.98. The maximum atomic E-state index is 2.29. The summed E-state index contributed by atoms with van der Waals surface area (Å²) in [6.07, 6.45) is 13.9. The second kappa shape index (κ2) is 4.97. The summed E-state index contributed by atoms with van der Waals surface area (Å²) in [5.74, 6) is 0. The molecule has 1 aliphatic carbocycles. The lowest BCUT2D eigenvalue weighted by molar-refractivity contribution is 0.997. The topological polar surface area (TPSA) is 0 Å². The first-order valence-electron chi connectivity index (χ1n) is 4.93. The van der Waals surface area contributed by atoms with Crippen LogP contribution in [-0.4, -0.2) is 0 Å². The van der Waals surface area contributed by atoms with Crippen LogP contribution in [0.1, 0.15) is 39.5 Å². The van der Waals surface area contributed by atoms with Gasteiger partial charge in [0.25, 0.3) is 0 Å². The third kappa shape index (κ3) is 2.37. The molecular formula is C12H18. The van der Waals surface area contributed by atoms with E-state index in [4.69, 9.17) is 0 Å². The third-order valence-electron chi connectivity index (χ3n) is 2.31. The molecule has 0 bridgehead atoms. The van der Waals surface area contributed by atoms with Gasteiger partial charge in [-0.15, -0.1) is 0 Å². The SMILES string of the molecule is CCC1=C(CC)\C=C/CC/C=C\1. The second-order valence-electron chi connectivity index (χ2n) is 3.14. The van der Waals surface area contributed by atoms with E-state index in [9.17, 15) is 0 Å². The van der Waals surface area contributed by atoms with Gasteiger partial charge in [0.05, 0.1) is 0 Å². The molecular weight excluding hydrogens is 144 g/mol. The Kier molecular flexibility index (Phi) is 3.86. The van der Waals surface area contributed by atoms with Crippen LogP contribution in [0.15, 0.2) is 35.5 Å². The van der Waals surface area contributed by atoms with Crippen molar-refractivity contribution in [1.29, 1.82) is 0 Å². The molecule has 0 spiro atoms. The Hall–Kier alpha value is -0.780. The minimum absolute atomic E-state index is 1.16. The lowest BCUT2D eigenvalue weighted by atomic mass is 10.00. The van der Waals surface area contributed by atoms with Gasteiger partial charge >= 0.3 is 0 Å². The molecule has 0 unspecified atom stereocenters. The van der Waals surface area contributed by atoms with Gasteiger partial charge < -0.3 is 0 Å². The highest BCUT2D eigenvalue weighted by atomic mass is 14.0. The van der Waals surface area contributed by atoms with Crippen molar-refractivity contribution in [2.75, 3.05) is 0 Å². The molecule has 0 atom stereocenters. The van der Waals surface area contributed by atoms with Crippen LogP contribution >= 0.6 is 0 Å². The standard InChI is InChI=1S/C12H18/c1-3-11-9-7-5-6-8-10-12(11)4-2/h7-10H,3-6H2,1-2H3/b9-7-,10-8-,12-11+. The van der Waals surface area contributed by atoms with Crippen LogP contribution < -0.4 is 0 Å². The van der Waals surface area contributed by atoms with E-state index < -0.39 is 0 Å². The monoisotopic (exact) mass is 162 g/mol. The molecule has 0 aliphatic heterocycles. The van der Waals surface area contributed by atoms with E-state index in [0.717, 1.165) is 12.8 Å². The van der Waals surface area contributed by atoms with Gasteiger partial charge in [-0.25, -0.2) is 0 Å². The van der Waals surface area contributed by atoms with Gasteiger partial charge in [-0.2, -0.15) is 0 Å². The molecule has 0 heterocycles. The highest BCUT2D eigenvalue weighted by Crippen LogP contribution is 2.18. The maximum absolute atomic E-state index is 2.29. The lowest BCUT2D eigenvalue weighted by Gasteiger charge is -2.06. The van der Waals surface area contributed by atoms with Gasteiger partial charge in [0, 0.05) is 0 Å². The lowest BCUT2D eigenvalue weighted by Crippen LogP contribution is -1.86. The molecule has 0 heteroatoms. The van der Waals surface area contributed by atoms with Crippen LogP contribution in [0.25, 0.3) is 0 Å². The van der Waals surface area contributed by atoms with Crippen LogP contribution in [0.3, 0.4) is 0 Å². The van der Waals surface area contributed by atoms with Gasteiger partial charge in [-0.05, 0) is 36.8 Å². The van der Waals surface area contributed by atoms with Crippen molar-refractivity contribution in [1.82, 2.24) is 0 Å². The zero-order valence-electron chi connectivity index (χ0n) is 8.14. The summed E-state index contributed by atoms with van der Waals surface area (Å²) in [6.45, 7) is 4.45. The molecule has 0 aromatic heterocycles. The molecule has 1 aliphatic rings. The molecule has 0 amide bonds. The Labute approximate surface area is 75.7 Å². The molecule has 0 aromatic rings. The molecule has 0 aromatic carbocycles. The van der Waals surface area contributed by atoms with Gasteiger partial charge in [0.2, 0.25) is 0 Å². The van der Waals surface area contributed by atoms with E-state index in [0.29, 0.717) is 0 Å². The van der Waals surface area contributed by atoms with Crippen molar-refractivity contribution in [3.63, 3.8) is 0 Å².